The van der Waals surface area contributed by atoms with E-state index in [2.05, 4.69) is 4.98 Å². The van der Waals surface area contributed by atoms with Gasteiger partial charge in [0.25, 0.3) is 0 Å². The van der Waals surface area contributed by atoms with E-state index in [0.29, 0.717) is 10.8 Å². The second kappa shape index (κ2) is 2.89. The van der Waals surface area contributed by atoms with Crippen LogP contribution in [0.5, 0.6) is 0 Å². The van der Waals surface area contributed by atoms with E-state index < -0.39 is 0 Å². The van der Waals surface area contributed by atoms with Crippen molar-refractivity contribution >= 4 is 28.2 Å². The molecule has 0 aliphatic carbocycles. The molecule has 0 saturated heterocycles. The first-order valence-electron chi connectivity index (χ1n) is 4.00. The third-order valence-corrected chi connectivity index (χ3v) is 2.28. The topological polar surface area (TPSA) is 38.9 Å². The van der Waals surface area contributed by atoms with Crippen molar-refractivity contribution < 1.29 is 0 Å². The van der Waals surface area contributed by atoms with Gasteiger partial charge in [0.2, 0.25) is 0 Å². The van der Waals surface area contributed by atoms with Gasteiger partial charge in [-0.1, -0.05) is 23.7 Å². The molecule has 2 aromatic rings. The molecule has 66 valence electrons. The first-order chi connectivity index (χ1) is 6.18. The Labute approximate surface area is 81.3 Å². The van der Waals surface area contributed by atoms with Crippen LogP contribution in [0.2, 0.25) is 5.02 Å². The number of benzene rings is 1. The predicted octanol–water partition coefficient (Wildman–Crippen LogP) is 2.78. The van der Waals surface area contributed by atoms with Crippen molar-refractivity contribution in [2.24, 2.45) is 0 Å². The molecule has 2 rings (SSSR count). The van der Waals surface area contributed by atoms with Crippen molar-refractivity contribution in [1.82, 2.24) is 4.98 Å². The molecule has 0 amide bonds. The van der Waals surface area contributed by atoms with E-state index in [9.17, 15) is 0 Å². The van der Waals surface area contributed by atoms with Crippen molar-refractivity contribution in [3.05, 3.63) is 35.0 Å². The molecule has 2 N–H and O–H groups in total. The van der Waals surface area contributed by atoms with Crippen LogP contribution < -0.4 is 5.73 Å². The van der Waals surface area contributed by atoms with Crippen LogP contribution in [0.15, 0.2) is 24.3 Å². The number of rotatable bonds is 0. The molecule has 0 fully saturated rings. The number of aryl methyl sites for hydroxylation is 1. The van der Waals surface area contributed by atoms with Crippen molar-refractivity contribution in [3.8, 4) is 0 Å². The highest BCUT2D eigenvalue weighted by Crippen LogP contribution is 2.27. The van der Waals surface area contributed by atoms with Gasteiger partial charge in [-0.15, -0.1) is 0 Å². The highest BCUT2D eigenvalue weighted by atomic mass is 35.5. The van der Waals surface area contributed by atoms with Gasteiger partial charge in [-0.3, -0.25) is 0 Å². The minimum atomic E-state index is 0.501. The number of halogens is 1. The molecule has 0 atom stereocenters. The summed E-state index contributed by atoms with van der Waals surface area (Å²) in [7, 11) is 0. The molecule has 0 saturated carbocycles. The van der Waals surface area contributed by atoms with E-state index in [4.69, 9.17) is 17.3 Å². The molecule has 0 bridgehead atoms. The molecule has 13 heavy (non-hydrogen) atoms. The monoisotopic (exact) mass is 192 g/mol. The van der Waals surface area contributed by atoms with Gasteiger partial charge in [-0.2, -0.15) is 0 Å². The van der Waals surface area contributed by atoms with Gasteiger partial charge in [-0.05, 0) is 24.4 Å². The van der Waals surface area contributed by atoms with E-state index in [1.165, 1.54) is 0 Å². The number of nitrogen functional groups attached to an aromatic ring is 1. The van der Waals surface area contributed by atoms with Crippen molar-refractivity contribution in [1.29, 1.82) is 0 Å². The lowest BCUT2D eigenvalue weighted by Crippen LogP contribution is -1.94. The first-order valence-corrected chi connectivity index (χ1v) is 4.37. The Bertz CT molecular complexity index is 466. The molecule has 0 spiro atoms. The molecular formula is C10H9ClN2. The minimum Gasteiger partial charge on any atom is -0.383 e. The summed E-state index contributed by atoms with van der Waals surface area (Å²) >= 11 is 5.99. The van der Waals surface area contributed by atoms with Gasteiger partial charge in [0.1, 0.15) is 5.82 Å². The highest BCUT2D eigenvalue weighted by Gasteiger charge is 2.03. The third-order valence-electron chi connectivity index (χ3n) is 1.96. The number of fused-ring (bicyclic) bond motifs is 1. The van der Waals surface area contributed by atoms with E-state index in [-0.39, 0.29) is 0 Å². The van der Waals surface area contributed by atoms with Crippen LogP contribution in [0.25, 0.3) is 10.8 Å². The zero-order chi connectivity index (χ0) is 9.42. The van der Waals surface area contributed by atoms with Crippen LogP contribution in [0, 0.1) is 6.92 Å². The maximum atomic E-state index is 5.99. The Morgan fingerprint density at radius 2 is 2.15 bits per heavy atom. The summed E-state index contributed by atoms with van der Waals surface area (Å²) in [5, 5.41) is 2.54. The molecule has 1 aromatic carbocycles. The van der Waals surface area contributed by atoms with Crippen LogP contribution >= 0.6 is 11.6 Å². The van der Waals surface area contributed by atoms with E-state index in [0.717, 1.165) is 16.5 Å². The largest absolute Gasteiger partial charge is 0.383 e. The van der Waals surface area contributed by atoms with Crippen molar-refractivity contribution in [2.45, 2.75) is 6.92 Å². The van der Waals surface area contributed by atoms with Crippen LogP contribution in [0.4, 0.5) is 5.82 Å². The Morgan fingerprint density at radius 1 is 1.38 bits per heavy atom. The summed E-state index contributed by atoms with van der Waals surface area (Å²) in [5.41, 5.74) is 6.67. The number of hydrogen-bond acceptors (Lipinski definition) is 2. The average molecular weight is 193 g/mol. The Balaban J connectivity index is 2.94. The van der Waals surface area contributed by atoms with Gasteiger partial charge in [0, 0.05) is 11.1 Å². The lowest BCUT2D eigenvalue weighted by atomic mass is 10.1. The number of nitrogens with two attached hydrogens (primary N) is 1. The normalized spacial score (nSPS) is 10.6. The SMILES string of the molecule is Cc1cc2cccc(Cl)c2c(N)n1. The predicted molar refractivity (Wildman–Crippen MR) is 55.9 cm³/mol. The maximum absolute atomic E-state index is 5.99. The van der Waals surface area contributed by atoms with Gasteiger partial charge >= 0.3 is 0 Å². The second-order valence-corrected chi connectivity index (χ2v) is 3.39. The number of hydrogen-bond donors (Lipinski definition) is 1. The standard InChI is InChI=1S/C10H9ClN2/c1-6-5-7-3-2-4-8(11)9(7)10(12)13-6/h2-5H,1H3,(H2,12,13). The average Bonchev–Trinajstić information content (AvgIpc) is 2.02. The summed E-state index contributed by atoms with van der Waals surface area (Å²) < 4.78 is 0. The Hall–Kier alpha value is -1.28. The van der Waals surface area contributed by atoms with Crippen LogP contribution in [-0.4, -0.2) is 4.98 Å². The van der Waals surface area contributed by atoms with Gasteiger partial charge in [0.05, 0.1) is 5.02 Å². The molecule has 0 aliphatic rings. The summed E-state index contributed by atoms with van der Waals surface area (Å²) in [6, 6.07) is 7.67. The third kappa shape index (κ3) is 1.33. The van der Waals surface area contributed by atoms with Crippen LogP contribution in [-0.2, 0) is 0 Å². The molecular weight excluding hydrogens is 184 g/mol. The molecule has 0 radical (unpaired) electrons. The van der Waals surface area contributed by atoms with E-state index in [1.54, 1.807) is 0 Å². The lowest BCUT2D eigenvalue weighted by Gasteiger charge is -2.04. The molecule has 0 unspecified atom stereocenters. The number of nitrogens with zero attached hydrogens (tertiary/aromatic N) is 1. The number of pyridine rings is 1. The maximum Gasteiger partial charge on any atom is 0.133 e. The van der Waals surface area contributed by atoms with Crippen molar-refractivity contribution in [2.75, 3.05) is 5.73 Å². The van der Waals surface area contributed by atoms with Gasteiger partial charge in [0.15, 0.2) is 0 Å². The molecule has 1 aromatic heterocycles. The van der Waals surface area contributed by atoms with E-state index in [1.807, 2.05) is 31.2 Å². The first kappa shape index (κ1) is 8.32. The summed E-state index contributed by atoms with van der Waals surface area (Å²) in [4.78, 5) is 4.16. The highest BCUT2D eigenvalue weighted by molar-refractivity contribution is 6.36. The molecule has 2 nitrogen and oxygen atoms in total. The van der Waals surface area contributed by atoms with Gasteiger partial charge < -0.3 is 5.73 Å². The fraction of sp³-hybridized carbons (Fsp3) is 0.100. The Morgan fingerprint density at radius 3 is 2.92 bits per heavy atom. The quantitative estimate of drug-likeness (QED) is 0.697. The summed E-state index contributed by atoms with van der Waals surface area (Å²) in [6.07, 6.45) is 0. The molecule has 0 aliphatic heterocycles. The fourth-order valence-electron chi connectivity index (χ4n) is 1.43. The van der Waals surface area contributed by atoms with Crippen LogP contribution in [0.3, 0.4) is 0 Å². The van der Waals surface area contributed by atoms with Crippen LogP contribution in [0.1, 0.15) is 5.69 Å². The lowest BCUT2D eigenvalue weighted by molar-refractivity contribution is 1.23. The second-order valence-electron chi connectivity index (χ2n) is 2.99. The molecule has 1 heterocycles. The smallest absolute Gasteiger partial charge is 0.133 e. The Kier molecular flexibility index (Phi) is 1.85. The summed E-state index contributed by atoms with van der Waals surface area (Å²) in [5.74, 6) is 0.501. The van der Waals surface area contributed by atoms with Crippen molar-refractivity contribution in [3.63, 3.8) is 0 Å². The fourth-order valence-corrected chi connectivity index (χ4v) is 1.71. The molecule has 3 heteroatoms. The summed E-state index contributed by atoms with van der Waals surface area (Å²) in [6.45, 7) is 1.91. The zero-order valence-corrected chi connectivity index (χ0v) is 7.97. The number of aromatic nitrogens is 1. The minimum absolute atomic E-state index is 0.501. The zero-order valence-electron chi connectivity index (χ0n) is 7.21. The van der Waals surface area contributed by atoms with E-state index >= 15 is 0 Å². The number of anilines is 1. The van der Waals surface area contributed by atoms with Gasteiger partial charge in [-0.25, -0.2) is 4.98 Å².